The molecule has 2 rings (SSSR count). The van der Waals surface area contributed by atoms with Gasteiger partial charge in [0.1, 0.15) is 11.8 Å². The Morgan fingerprint density at radius 1 is 1.07 bits per heavy atom. The molecule has 0 heterocycles. The highest BCUT2D eigenvalue weighted by Crippen LogP contribution is 2.17. The van der Waals surface area contributed by atoms with Crippen LogP contribution in [-0.2, 0) is 16.1 Å². The van der Waals surface area contributed by atoms with Gasteiger partial charge in [0.05, 0.1) is 6.61 Å². The molecule has 0 aliphatic carbocycles. The predicted molar refractivity (Wildman–Crippen MR) is 116 cm³/mol. The first-order valence-corrected chi connectivity index (χ1v) is 10.2. The number of aryl methyl sites for hydroxylation is 2. The smallest absolute Gasteiger partial charge is 0.242 e. The molecule has 0 saturated heterocycles. The summed E-state index contributed by atoms with van der Waals surface area (Å²) < 4.78 is 5.73. The van der Waals surface area contributed by atoms with Crippen LogP contribution in [0.4, 0.5) is 0 Å². The Hall–Kier alpha value is -2.82. The molecule has 0 saturated carbocycles. The van der Waals surface area contributed by atoms with Crippen molar-refractivity contribution in [3.8, 4) is 5.75 Å². The molecule has 0 aliphatic heterocycles. The summed E-state index contributed by atoms with van der Waals surface area (Å²) in [7, 11) is 1.61. The van der Waals surface area contributed by atoms with E-state index >= 15 is 0 Å². The van der Waals surface area contributed by atoms with E-state index in [-0.39, 0.29) is 11.8 Å². The number of nitrogens with zero attached hydrogens (tertiary/aromatic N) is 1. The minimum atomic E-state index is -0.481. The molecule has 0 aliphatic rings. The molecule has 156 valence electrons. The van der Waals surface area contributed by atoms with Crippen LogP contribution in [0.2, 0.25) is 0 Å². The lowest BCUT2D eigenvalue weighted by molar-refractivity contribution is -0.141. The predicted octanol–water partition coefficient (Wildman–Crippen LogP) is 4.02. The number of rotatable bonds is 10. The third-order valence-electron chi connectivity index (χ3n) is 5.06. The highest BCUT2D eigenvalue weighted by Gasteiger charge is 2.27. The van der Waals surface area contributed by atoms with E-state index in [0.29, 0.717) is 32.4 Å². The van der Waals surface area contributed by atoms with Gasteiger partial charge in [0, 0.05) is 20.0 Å². The van der Waals surface area contributed by atoms with E-state index in [1.807, 2.05) is 69.3 Å². The van der Waals surface area contributed by atoms with E-state index in [9.17, 15) is 9.59 Å². The summed E-state index contributed by atoms with van der Waals surface area (Å²) in [6, 6.07) is 15.3. The van der Waals surface area contributed by atoms with Crippen LogP contribution in [0.5, 0.6) is 5.75 Å². The zero-order valence-corrected chi connectivity index (χ0v) is 17.9. The monoisotopic (exact) mass is 396 g/mol. The van der Waals surface area contributed by atoms with Crippen molar-refractivity contribution in [3.63, 3.8) is 0 Å². The molecule has 2 aromatic carbocycles. The SMILES string of the molecule is CC[C@H](C(=O)NC)N(Cc1ccccc1C)C(=O)CCCOc1ccc(C)cc1. The number of amides is 2. The van der Waals surface area contributed by atoms with Crippen LogP contribution in [0.1, 0.15) is 42.9 Å². The van der Waals surface area contributed by atoms with Crippen molar-refractivity contribution in [2.24, 2.45) is 0 Å². The molecule has 0 unspecified atom stereocenters. The molecule has 0 bridgehead atoms. The third kappa shape index (κ3) is 6.63. The van der Waals surface area contributed by atoms with E-state index in [1.54, 1.807) is 11.9 Å². The fourth-order valence-corrected chi connectivity index (χ4v) is 3.25. The largest absolute Gasteiger partial charge is 0.494 e. The van der Waals surface area contributed by atoms with E-state index < -0.39 is 6.04 Å². The number of carbonyl (C=O) groups is 2. The van der Waals surface area contributed by atoms with Crippen LogP contribution in [0.25, 0.3) is 0 Å². The summed E-state index contributed by atoms with van der Waals surface area (Å²) in [6.45, 7) is 6.87. The Kier molecular flexibility index (Phi) is 8.71. The fourth-order valence-electron chi connectivity index (χ4n) is 3.25. The molecule has 0 radical (unpaired) electrons. The van der Waals surface area contributed by atoms with Crippen molar-refractivity contribution in [2.75, 3.05) is 13.7 Å². The highest BCUT2D eigenvalue weighted by atomic mass is 16.5. The van der Waals surface area contributed by atoms with Crippen molar-refractivity contribution in [1.82, 2.24) is 10.2 Å². The Balaban J connectivity index is 2.02. The maximum Gasteiger partial charge on any atom is 0.242 e. The molecule has 2 aromatic rings. The van der Waals surface area contributed by atoms with Gasteiger partial charge in [-0.05, 0) is 49.9 Å². The van der Waals surface area contributed by atoms with Gasteiger partial charge in [0.25, 0.3) is 0 Å². The van der Waals surface area contributed by atoms with Crippen molar-refractivity contribution in [2.45, 2.75) is 52.6 Å². The number of hydrogen-bond donors (Lipinski definition) is 1. The lowest BCUT2D eigenvalue weighted by Crippen LogP contribution is -2.48. The molecule has 1 N–H and O–H groups in total. The first kappa shape index (κ1) is 22.5. The summed E-state index contributed by atoms with van der Waals surface area (Å²) in [5.74, 6) is 0.637. The number of likely N-dealkylation sites (N-methyl/N-ethyl adjacent to an activating group) is 1. The normalized spacial score (nSPS) is 11.6. The van der Waals surface area contributed by atoms with Crippen LogP contribution < -0.4 is 10.1 Å². The van der Waals surface area contributed by atoms with Gasteiger partial charge < -0.3 is 15.0 Å². The quantitative estimate of drug-likeness (QED) is 0.617. The summed E-state index contributed by atoms with van der Waals surface area (Å²) in [5, 5.41) is 2.69. The maximum absolute atomic E-state index is 13.0. The first-order chi connectivity index (χ1) is 14.0. The Morgan fingerprint density at radius 3 is 2.38 bits per heavy atom. The lowest BCUT2D eigenvalue weighted by atomic mass is 10.1. The van der Waals surface area contributed by atoms with Gasteiger partial charge in [-0.3, -0.25) is 9.59 Å². The Morgan fingerprint density at radius 2 is 1.76 bits per heavy atom. The van der Waals surface area contributed by atoms with Crippen molar-refractivity contribution >= 4 is 11.8 Å². The molecule has 0 spiro atoms. The molecule has 0 fully saturated rings. The molecule has 1 atom stereocenters. The summed E-state index contributed by atoms with van der Waals surface area (Å²) >= 11 is 0. The van der Waals surface area contributed by atoms with E-state index in [4.69, 9.17) is 4.74 Å². The van der Waals surface area contributed by atoms with Crippen molar-refractivity contribution < 1.29 is 14.3 Å². The minimum absolute atomic E-state index is 0.0313. The van der Waals surface area contributed by atoms with Gasteiger partial charge in [0.2, 0.25) is 11.8 Å². The standard InChI is InChI=1S/C24H32N2O3/c1-5-22(24(28)25-4)26(17-20-10-7-6-9-19(20)3)23(27)11-8-16-29-21-14-12-18(2)13-15-21/h6-7,9-10,12-15,22H,5,8,11,16-17H2,1-4H3,(H,25,28)/t22-/m1/s1. The van der Waals surface area contributed by atoms with Gasteiger partial charge in [-0.1, -0.05) is 48.9 Å². The molecular formula is C24H32N2O3. The van der Waals surface area contributed by atoms with Crippen LogP contribution >= 0.6 is 0 Å². The second-order valence-electron chi connectivity index (χ2n) is 7.25. The average molecular weight is 397 g/mol. The summed E-state index contributed by atoms with van der Waals surface area (Å²) in [5.41, 5.74) is 3.35. The maximum atomic E-state index is 13.0. The molecule has 29 heavy (non-hydrogen) atoms. The van der Waals surface area contributed by atoms with E-state index in [1.165, 1.54) is 5.56 Å². The Labute approximate surface area is 174 Å². The number of ether oxygens (including phenoxy) is 1. The molecule has 5 nitrogen and oxygen atoms in total. The zero-order chi connectivity index (χ0) is 21.2. The second-order valence-corrected chi connectivity index (χ2v) is 7.25. The summed E-state index contributed by atoms with van der Waals surface area (Å²) in [4.78, 5) is 27.1. The lowest BCUT2D eigenvalue weighted by Gasteiger charge is -2.30. The van der Waals surface area contributed by atoms with Gasteiger partial charge in [-0.2, -0.15) is 0 Å². The highest BCUT2D eigenvalue weighted by molar-refractivity contribution is 5.87. The molecular weight excluding hydrogens is 364 g/mol. The van der Waals surface area contributed by atoms with Crippen molar-refractivity contribution in [3.05, 3.63) is 65.2 Å². The first-order valence-electron chi connectivity index (χ1n) is 10.2. The minimum Gasteiger partial charge on any atom is -0.494 e. The fraction of sp³-hybridized carbons (Fsp3) is 0.417. The second kappa shape index (κ2) is 11.2. The van der Waals surface area contributed by atoms with Gasteiger partial charge in [-0.15, -0.1) is 0 Å². The third-order valence-corrected chi connectivity index (χ3v) is 5.06. The van der Waals surface area contributed by atoms with Gasteiger partial charge in [0.15, 0.2) is 0 Å². The van der Waals surface area contributed by atoms with E-state index in [2.05, 4.69) is 5.32 Å². The number of carbonyl (C=O) groups excluding carboxylic acids is 2. The topological polar surface area (TPSA) is 58.6 Å². The van der Waals surface area contributed by atoms with Crippen LogP contribution in [0.3, 0.4) is 0 Å². The molecule has 0 aromatic heterocycles. The number of nitrogens with one attached hydrogen (secondary N) is 1. The average Bonchev–Trinajstić information content (AvgIpc) is 2.73. The summed E-state index contributed by atoms with van der Waals surface area (Å²) in [6.07, 6.45) is 1.50. The van der Waals surface area contributed by atoms with Crippen LogP contribution in [-0.4, -0.2) is 36.4 Å². The number of benzene rings is 2. The Bertz CT molecular complexity index is 802. The molecule has 2 amide bonds. The van der Waals surface area contributed by atoms with Crippen molar-refractivity contribution in [1.29, 1.82) is 0 Å². The van der Waals surface area contributed by atoms with E-state index in [0.717, 1.165) is 16.9 Å². The number of hydrogen-bond acceptors (Lipinski definition) is 3. The zero-order valence-electron chi connectivity index (χ0n) is 17.9. The van der Waals surface area contributed by atoms with Gasteiger partial charge >= 0.3 is 0 Å². The molecule has 5 heteroatoms. The van der Waals surface area contributed by atoms with Gasteiger partial charge in [-0.25, -0.2) is 0 Å². The van der Waals surface area contributed by atoms with Crippen LogP contribution in [0, 0.1) is 13.8 Å². The van der Waals surface area contributed by atoms with Crippen LogP contribution in [0.15, 0.2) is 48.5 Å².